The quantitative estimate of drug-likeness (QED) is 0.690. The Kier molecular flexibility index (Phi) is 5.25. The molecule has 3 aromatic rings. The highest BCUT2D eigenvalue weighted by molar-refractivity contribution is 7.13. The van der Waals surface area contributed by atoms with E-state index in [2.05, 4.69) is 10.3 Å². The van der Waals surface area contributed by atoms with E-state index in [1.54, 1.807) is 18.6 Å². The molecular weight excluding hydrogens is 338 g/mol. The number of hydrogen-bond acceptors (Lipinski definition) is 5. The largest absolute Gasteiger partial charge is 0.457 e. The summed E-state index contributed by atoms with van der Waals surface area (Å²) < 4.78 is 7.25. The molecule has 0 unspecified atom stereocenters. The molecule has 1 N–H and O–H groups in total. The number of carbonyl (C=O) groups is 2. The van der Waals surface area contributed by atoms with Crippen LogP contribution in [0.3, 0.4) is 0 Å². The normalized spacial score (nSPS) is 10.4. The summed E-state index contributed by atoms with van der Waals surface area (Å²) in [6.45, 7) is 2.09. The number of ether oxygens (including phenoxy) is 1. The third-order valence-corrected chi connectivity index (χ3v) is 4.55. The highest BCUT2D eigenvalue weighted by Crippen LogP contribution is 2.18. The molecule has 2 aromatic heterocycles. The van der Waals surface area contributed by atoms with Crippen molar-refractivity contribution in [3.8, 4) is 5.69 Å². The van der Waals surface area contributed by atoms with Crippen molar-refractivity contribution in [3.63, 3.8) is 0 Å². The standard InChI is InChI=1S/C18H17N3O3S/c1-13(22)20-10-16-6-7-17(25-16)18(23)24-11-14-2-4-15(5-3-14)21-9-8-19-12-21/h2-9,12H,10-11H2,1H3,(H,20,22). The molecule has 25 heavy (non-hydrogen) atoms. The fourth-order valence-electron chi connectivity index (χ4n) is 2.19. The Bertz CT molecular complexity index is 854. The van der Waals surface area contributed by atoms with Crippen molar-refractivity contribution < 1.29 is 14.3 Å². The van der Waals surface area contributed by atoms with Crippen molar-refractivity contribution in [1.82, 2.24) is 14.9 Å². The lowest BCUT2D eigenvalue weighted by Crippen LogP contribution is -2.18. The number of thiophene rings is 1. The zero-order chi connectivity index (χ0) is 17.6. The van der Waals surface area contributed by atoms with E-state index in [0.717, 1.165) is 16.1 Å². The zero-order valence-corrected chi connectivity index (χ0v) is 14.5. The van der Waals surface area contributed by atoms with Gasteiger partial charge in [0.2, 0.25) is 5.91 Å². The fraction of sp³-hybridized carbons (Fsp3) is 0.167. The number of benzene rings is 1. The summed E-state index contributed by atoms with van der Waals surface area (Å²) in [5.74, 6) is -0.463. The van der Waals surface area contributed by atoms with Crippen molar-refractivity contribution >= 4 is 23.2 Å². The third kappa shape index (κ3) is 4.54. The van der Waals surface area contributed by atoms with E-state index < -0.39 is 0 Å². The van der Waals surface area contributed by atoms with Gasteiger partial charge in [-0.3, -0.25) is 4.79 Å². The van der Waals surface area contributed by atoms with Gasteiger partial charge in [-0.25, -0.2) is 9.78 Å². The average Bonchev–Trinajstić information content (AvgIpc) is 3.30. The number of aromatic nitrogens is 2. The molecule has 0 aliphatic rings. The van der Waals surface area contributed by atoms with Crippen molar-refractivity contribution in [1.29, 1.82) is 0 Å². The van der Waals surface area contributed by atoms with Gasteiger partial charge in [0.1, 0.15) is 11.5 Å². The number of esters is 1. The van der Waals surface area contributed by atoms with Crippen LogP contribution in [0.5, 0.6) is 0 Å². The molecule has 0 fully saturated rings. The zero-order valence-electron chi connectivity index (χ0n) is 13.6. The highest BCUT2D eigenvalue weighted by atomic mass is 32.1. The minimum absolute atomic E-state index is 0.100. The summed E-state index contributed by atoms with van der Waals surface area (Å²) in [5.41, 5.74) is 1.90. The Balaban J connectivity index is 1.54. The van der Waals surface area contributed by atoms with E-state index in [1.165, 1.54) is 18.3 Å². The Morgan fingerprint density at radius 3 is 2.68 bits per heavy atom. The molecule has 0 atom stereocenters. The number of nitrogens with one attached hydrogen (secondary N) is 1. The lowest BCUT2D eigenvalue weighted by molar-refractivity contribution is -0.119. The first-order valence-electron chi connectivity index (χ1n) is 7.69. The first-order chi connectivity index (χ1) is 12.1. The van der Waals surface area contributed by atoms with Gasteiger partial charge in [-0.1, -0.05) is 12.1 Å². The Morgan fingerprint density at radius 2 is 2.00 bits per heavy atom. The van der Waals surface area contributed by atoms with Crippen LogP contribution in [-0.2, 0) is 22.7 Å². The fourth-order valence-corrected chi connectivity index (χ4v) is 3.03. The number of imidazole rings is 1. The SMILES string of the molecule is CC(=O)NCc1ccc(C(=O)OCc2ccc(-n3ccnc3)cc2)s1. The predicted octanol–water partition coefficient (Wildman–Crippen LogP) is 2.93. The van der Waals surface area contributed by atoms with Crippen LogP contribution in [0.2, 0.25) is 0 Å². The Labute approximate surface area is 149 Å². The first kappa shape index (κ1) is 16.9. The summed E-state index contributed by atoms with van der Waals surface area (Å²) in [6, 6.07) is 11.3. The van der Waals surface area contributed by atoms with Gasteiger partial charge in [0.05, 0.1) is 12.9 Å². The molecule has 0 radical (unpaired) electrons. The molecule has 0 spiro atoms. The van der Waals surface area contributed by atoms with Gasteiger partial charge in [-0.15, -0.1) is 11.3 Å². The second-order valence-corrected chi connectivity index (χ2v) is 6.56. The van der Waals surface area contributed by atoms with Crippen LogP contribution in [0.15, 0.2) is 55.1 Å². The van der Waals surface area contributed by atoms with Crippen molar-refractivity contribution in [2.75, 3.05) is 0 Å². The molecule has 3 rings (SSSR count). The van der Waals surface area contributed by atoms with E-state index >= 15 is 0 Å². The molecule has 7 heteroatoms. The average molecular weight is 355 g/mol. The van der Waals surface area contributed by atoms with E-state index in [-0.39, 0.29) is 18.5 Å². The molecule has 1 amide bonds. The van der Waals surface area contributed by atoms with Gasteiger partial charge in [0.25, 0.3) is 0 Å². The van der Waals surface area contributed by atoms with Crippen LogP contribution in [0.1, 0.15) is 27.0 Å². The molecule has 0 saturated heterocycles. The van der Waals surface area contributed by atoms with Crippen LogP contribution >= 0.6 is 11.3 Å². The molecule has 0 bridgehead atoms. The first-order valence-corrected chi connectivity index (χ1v) is 8.51. The van der Waals surface area contributed by atoms with E-state index in [9.17, 15) is 9.59 Å². The topological polar surface area (TPSA) is 73.2 Å². The van der Waals surface area contributed by atoms with Gasteiger partial charge < -0.3 is 14.6 Å². The molecule has 6 nitrogen and oxygen atoms in total. The summed E-state index contributed by atoms with van der Waals surface area (Å²) in [5, 5.41) is 2.70. The maximum absolute atomic E-state index is 12.1. The monoisotopic (exact) mass is 355 g/mol. The predicted molar refractivity (Wildman–Crippen MR) is 94.5 cm³/mol. The van der Waals surface area contributed by atoms with Gasteiger partial charge in [-0.05, 0) is 29.8 Å². The number of amides is 1. The lowest BCUT2D eigenvalue weighted by atomic mass is 10.2. The van der Waals surface area contributed by atoms with E-state index in [4.69, 9.17) is 4.74 Å². The van der Waals surface area contributed by atoms with Crippen molar-refractivity contribution in [3.05, 3.63) is 70.4 Å². The van der Waals surface area contributed by atoms with E-state index in [1.807, 2.05) is 41.1 Å². The Morgan fingerprint density at radius 1 is 1.20 bits per heavy atom. The van der Waals surface area contributed by atoms with Gasteiger partial charge in [0, 0.05) is 29.9 Å². The molecule has 0 aliphatic heterocycles. The number of carbonyl (C=O) groups excluding carboxylic acids is 2. The highest BCUT2D eigenvalue weighted by Gasteiger charge is 2.11. The third-order valence-electron chi connectivity index (χ3n) is 3.48. The number of hydrogen-bond donors (Lipinski definition) is 1. The molecule has 0 aliphatic carbocycles. The molecular formula is C18H17N3O3S. The summed E-state index contributed by atoms with van der Waals surface area (Å²) in [4.78, 5) is 28.5. The maximum Gasteiger partial charge on any atom is 0.348 e. The van der Waals surface area contributed by atoms with Crippen LogP contribution in [-0.4, -0.2) is 21.4 Å². The van der Waals surface area contributed by atoms with Crippen LogP contribution < -0.4 is 5.32 Å². The van der Waals surface area contributed by atoms with Crippen LogP contribution in [0.25, 0.3) is 5.69 Å². The van der Waals surface area contributed by atoms with Gasteiger partial charge >= 0.3 is 5.97 Å². The Hall–Kier alpha value is -2.93. The molecule has 128 valence electrons. The van der Waals surface area contributed by atoms with Crippen molar-refractivity contribution in [2.45, 2.75) is 20.1 Å². The van der Waals surface area contributed by atoms with Crippen LogP contribution in [0.4, 0.5) is 0 Å². The summed E-state index contributed by atoms with van der Waals surface area (Å²) in [7, 11) is 0. The van der Waals surface area contributed by atoms with E-state index in [0.29, 0.717) is 11.4 Å². The minimum atomic E-state index is -0.363. The maximum atomic E-state index is 12.1. The van der Waals surface area contributed by atoms with Crippen molar-refractivity contribution in [2.24, 2.45) is 0 Å². The second-order valence-electron chi connectivity index (χ2n) is 5.39. The summed E-state index contributed by atoms with van der Waals surface area (Å²) in [6.07, 6.45) is 5.31. The molecule has 0 saturated carbocycles. The minimum Gasteiger partial charge on any atom is -0.457 e. The van der Waals surface area contributed by atoms with Gasteiger partial charge in [-0.2, -0.15) is 0 Å². The van der Waals surface area contributed by atoms with Gasteiger partial charge in [0.15, 0.2) is 0 Å². The molecule has 2 heterocycles. The lowest BCUT2D eigenvalue weighted by Gasteiger charge is -2.06. The number of rotatable bonds is 6. The number of nitrogens with zero attached hydrogens (tertiary/aromatic N) is 2. The molecule has 1 aromatic carbocycles. The second kappa shape index (κ2) is 7.76. The smallest absolute Gasteiger partial charge is 0.348 e. The van der Waals surface area contributed by atoms with Crippen LogP contribution in [0, 0.1) is 0 Å². The summed E-state index contributed by atoms with van der Waals surface area (Å²) >= 11 is 1.32.